The Balaban J connectivity index is 0.000000536. The molecule has 10 fully saturated rings. The first-order valence-corrected chi connectivity index (χ1v) is 23.0. The number of hydrogen-bond acceptors (Lipinski definition) is 2. The maximum atomic E-state index is 4.06. The molecule has 2 nitrogen and oxygen atoms in total. The van der Waals surface area contributed by atoms with Crippen LogP contribution in [0.15, 0.2) is 42.5 Å². The SMILES string of the molecule is CC(C)(C)[c-]1cc(CP(C2C3CC4CC(C3)CC2C4)C2C3CC4CC(C3)CC2C4)c(C(P)(C2CCCN2)C2CCCN2)c1.[Fe].[cH-]1[cH-][cH-][cH-][cH-]1. The average Bonchev–Trinajstić information content (AvgIpc) is 3.88. The van der Waals surface area contributed by atoms with Gasteiger partial charge >= 0.3 is 0 Å². The number of rotatable bonds is 7. The average molecular weight is 741 g/mol. The van der Waals surface area contributed by atoms with E-state index < -0.39 is 0 Å². The maximum absolute atomic E-state index is 4.06. The zero-order chi connectivity index (χ0) is 32.6. The van der Waals surface area contributed by atoms with E-state index in [1.807, 2.05) is 35.9 Å². The van der Waals surface area contributed by atoms with E-state index >= 15 is 0 Å². The fourth-order valence-corrected chi connectivity index (χ4v) is 19.6. The molecule has 12 rings (SSSR count). The van der Waals surface area contributed by atoms with Crippen molar-refractivity contribution < 1.29 is 17.1 Å². The van der Waals surface area contributed by atoms with E-state index in [1.54, 1.807) is 75.3 Å². The molecule has 3 unspecified atom stereocenters. The van der Waals surface area contributed by atoms with Gasteiger partial charge in [-0.1, -0.05) is 32.3 Å². The summed E-state index contributed by atoms with van der Waals surface area (Å²) in [7, 11) is 3.58. The molecular weight excluding hydrogens is 674 g/mol. The first-order valence-electron chi connectivity index (χ1n) is 20.7. The molecule has 3 atom stereocenters. The molecule has 5 heteroatoms. The third-order valence-electron chi connectivity index (χ3n) is 15.6. The molecule has 2 heterocycles. The zero-order valence-electron chi connectivity index (χ0n) is 30.9. The van der Waals surface area contributed by atoms with Crippen LogP contribution in [-0.4, -0.2) is 36.5 Å². The molecule has 8 aliphatic carbocycles. The van der Waals surface area contributed by atoms with Crippen molar-refractivity contribution in [3.05, 3.63) is 59.2 Å². The molecule has 8 saturated carbocycles. The van der Waals surface area contributed by atoms with E-state index in [2.05, 4.69) is 52.8 Å². The van der Waals surface area contributed by atoms with Crippen LogP contribution in [0.1, 0.15) is 127 Å². The Kier molecular flexibility index (Phi) is 10.5. The second-order valence-electron chi connectivity index (χ2n) is 19.6. The van der Waals surface area contributed by atoms with Gasteiger partial charge in [0.05, 0.1) is 0 Å². The van der Waals surface area contributed by atoms with Gasteiger partial charge in [-0.3, -0.25) is 0 Å². The summed E-state index contributed by atoms with van der Waals surface area (Å²) in [6.45, 7) is 9.81. The predicted octanol–water partition coefficient (Wildman–Crippen LogP) is 10.3. The minimum absolute atomic E-state index is 0. The number of hydrogen-bond donors (Lipinski definition) is 2. The summed E-state index contributed by atoms with van der Waals surface area (Å²) in [5.41, 5.74) is 7.56. The third kappa shape index (κ3) is 6.71. The van der Waals surface area contributed by atoms with E-state index in [0.717, 1.165) is 58.7 Å². The van der Waals surface area contributed by atoms with Crippen molar-refractivity contribution in [2.45, 2.75) is 151 Å². The van der Waals surface area contributed by atoms with Crippen molar-refractivity contribution in [3.8, 4) is 0 Å². The van der Waals surface area contributed by atoms with Gasteiger partial charge in [0.15, 0.2) is 0 Å². The van der Waals surface area contributed by atoms with Crippen molar-refractivity contribution in [1.29, 1.82) is 0 Å². The van der Waals surface area contributed by atoms with Gasteiger partial charge in [-0.2, -0.15) is 28.8 Å². The van der Waals surface area contributed by atoms with Gasteiger partial charge in [0.2, 0.25) is 0 Å². The molecule has 0 aromatic heterocycles. The summed E-state index contributed by atoms with van der Waals surface area (Å²) in [5.74, 6) is 8.69. The second-order valence-corrected chi connectivity index (χ2v) is 23.1. The van der Waals surface area contributed by atoms with Gasteiger partial charge in [-0.05, 0) is 167 Å². The van der Waals surface area contributed by atoms with E-state index in [1.165, 1.54) is 44.9 Å². The molecule has 49 heavy (non-hydrogen) atoms. The van der Waals surface area contributed by atoms with Gasteiger partial charge < -0.3 is 41.0 Å². The molecule has 2 aromatic carbocycles. The minimum atomic E-state index is 0. The van der Waals surface area contributed by atoms with E-state index in [0.29, 0.717) is 12.1 Å². The molecule has 0 spiro atoms. The molecule has 0 amide bonds. The zero-order valence-corrected chi connectivity index (χ0v) is 34.0. The first kappa shape index (κ1) is 36.0. The third-order valence-corrected chi connectivity index (χ3v) is 20.7. The normalized spacial score (nSPS) is 42.0. The summed E-state index contributed by atoms with van der Waals surface area (Å²) in [4.78, 5) is 0. The van der Waals surface area contributed by atoms with Gasteiger partial charge in [-0.15, -0.1) is 17.2 Å². The van der Waals surface area contributed by atoms with Crippen LogP contribution in [0.25, 0.3) is 0 Å². The predicted molar refractivity (Wildman–Crippen MR) is 208 cm³/mol. The molecule has 2 aliphatic heterocycles. The molecule has 0 radical (unpaired) electrons. The monoisotopic (exact) mass is 740 g/mol. The van der Waals surface area contributed by atoms with Gasteiger partial charge in [-0.25, -0.2) is 0 Å². The topological polar surface area (TPSA) is 24.1 Å². The fraction of sp³-hybridized carbons (Fsp3) is 0.773. The Morgan fingerprint density at radius 3 is 1.43 bits per heavy atom. The Bertz CT molecular complexity index is 1250. The molecule has 2 N–H and O–H groups in total. The van der Waals surface area contributed by atoms with Crippen LogP contribution in [0.4, 0.5) is 0 Å². The van der Waals surface area contributed by atoms with E-state index in [4.69, 9.17) is 0 Å². The summed E-state index contributed by atoms with van der Waals surface area (Å²) in [5, 5.41) is 8.23. The van der Waals surface area contributed by atoms with Gasteiger partial charge in [0.25, 0.3) is 0 Å². The van der Waals surface area contributed by atoms with Crippen molar-refractivity contribution in [3.63, 3.8) is 0 Å². The number of nitrogens with one attached hydrogen (secondary N) is 2. The van der Waals surface area contributed by atoms with Crippen LogP contribution in [0.3, 0.4) is 0 Å². The first-order chi connectivity index (χ1) is 23.2. The summed E-state index contributed by atoms with van der Waals surface area (Å²) >= 11 is 0. The van der Waals surface area contributed by atoms with Gasteiger partial charge in [0, 0.05) is 29.2 Å². The van der Waals surface area contributed by atoms with Crippen LogP contribution < -0.4 is 10.6 Å². The standard InChI is InChI=1S/C39H61N2P2.C5H5.Fe/c1-38(2,3)32-20-31(33(21-32)39(42,34-6-4-8-40-34)35-7-5-9-41-35)22-43(36-27-12-23-10-24(14-27)15-28(36)13-23)37-29-16-25-11-26(18-29)19-30(37)17-25;1-2-4-5-3-1;/h20-21,23-30,34-37,40-41H,4-19,22,42H2,1-3H3;1-5H;/q-1;-5;. The minimum Gasteiger partial charge on any atom is -0.748 e. The Hall–Kier alpha value is -0.000519. The van der Waals surface area contributed by atoms with E-state index in [9.17, 15) is 0 Å². The Morgan fingerprint density at radius 2 is 1.08 bits per heavy atom. The molecule has 10 aliphatic rings. The molecule has 2 saturated heterocycles. The molecule has 8 bridgehead atoms. The van der Waals surface area contributed by atoms with Gasteiger partial charge in [0.1, 0.15) is 0 Å². The van der Waals surface area contributed by atoms with E-state index in [-0.39, 0.29) is 35.6 Å². The van der Waals surface area contributed by atoms with Crippen LogP contribution in [0.2, 0.25) is 0 Å². The molecule has 276 valence electrons. The maximum Gasteiger partial charge on any atom is 0.00995 e. The largest absolute Gasteiger partial charge is 0.748 e. The Labute approximate surface area is 313 Å². The quantitative estimate of drug-likeness (QED) is 0.168. The Morgan fingerprint density at radius 1 is 0.673 bits per heavy atom. The van der Waals surface area contributed by atoms with Crippen molar-refractivity contribution in [2.75, 3.05) is 13.1 Å². The summed E-state index contributed by atoms with van der Waals surface area (Å²) in [6.07, 6.45) is 22.8. The van der Waals surface area contributed by atoms with Crippen molar-refractivity contribution in [1.82, 2.24) is 10.6 Å². The van der Waals surface area contributed by atoms with Crippen LogP contribution >= 0.6 is 17.2 Å². The molecule has 2 aromatic rings. The summed E-state index contributed by atoms with van der Waals surface area (Å²) < 4.78 is 0. The summed E-state index contributed by atoms with van der Waals surface area (Å²) in [6, 6.07) is 16.7. The van der Waals surface area contributed by atoms with Crippen LogP contribution in [0, 0.1) is 47.3 Å². The van der Waals surface area contributed by atoms with Crippen molar-refractivity contribution >= 4 is 17.2 Å². The van der Waals surface area contributed by atoms with Crippen LogP contribution in [-0.2, 0) is 33.8 Å². The van der Waals surface area contributed by atoms with Crippen LogP contribution in [0.5, 0.6) is 0 Å². The van der Waals surface area contributed by atoms with Crippen molar-refractivity contribution in [2.24, 2.45) is 47.3 Å². The fourth-order valence-electron chi connectivity index (χ4n) is 14.1. The smallest absolute Gasteiger partial charge is 0.00995 e. The molecular formula is C44H66FeN2P2-6. The second kappa shape index (κ2) is 14.3.